The number of carbonyl (C=O) groups is 1. The maximum atomic E-state index is 12.3. The molecule has 1 amide bonds. The van der Waals surface area contributed by atoms with Crippen molar-refractivity contribution in [2.24, 2.45) is 4.99 Å². The molecule has 0 unspecified atom stereocenters. The summed E-state index contributed by atoms with van der Waals surface area (Å²) in [7, 11) is -3.00. The Morgan fingerprint density at radius 1 is 1.38 bits per heavy atom. The van der Waals surface area contributed by atoms with Gasteiger partial charge in [-0.2, -0.15) is 4.99 Å². The van der Waals surface area contributed by atoms with Crippen molar-refractivity contribution >= 4 is 32.7 Å². The fraction of sp³-hybridized carbons (Fsp3) is 0.412. The van der Waals surface area contributed by atoms with Crippen molar-refractivity contribution in [2.75, 3.05) is 18.1 Å². The molecule has 0 spiro atoms. The van der Waals surface area contributed by atoms with Gasteiger partial charge in [0.2, 0.25) is 0 Å². The molecule has 2 aliphatic rings. The zero-order valence-electron chi connectivity index (χ0n) is 13.5. The zero-order valence-corrected chi connectivity index (χ0v) is 15.1. The fourth-order valence-corrected chi connectivity index (χ4v) is 6.99. The lowest BCUT2D eigenvalue weighted by Crippen LogP contribution is -2.37. The minimum atomic E-state index is -3.00. The number of hydrogen-bond acceptors (Lipinski definition) is 4. The second-order valence-electron chi connectivity index (χ2n) is 6.19. The third-order valence-corrected chi connectivity index (χ3v) is 7.44. The van der Waals surface area contributed by atoms with E-state index < -0.39 is 9.84 Å². The SMILES string of the molecule is C=CCN1C(=NC(=O)Cc2ccc(C)cc2)S[C@@H]2CS(=O)(=O)C[C@@H]21. The van der Waals surface area contributed by atoms with Gasteiger partial charge < -0.3 is 4.90 Å². The topological polar surface area (TPSA) is 66.8 Å². The summed E-state index contributed by atoms with van der Waals surface area (Å²) in [5, 5.41) is 0.581. The van der Waals surface area contributed by atoms with Crippen LogP contribution in [0.15, 0.2) is 41.9 Å². The van der Waals surface area contributed by atoms with Crippen molar-refractivity contribution in [1.29, 1.82) is 0 Å². The number of amidine groups is 1. The van der Waals surface area contributed by atoms with Gasteiger partial charge in [0.25, 0.3) is 5.91 Å². The lowest BCUT2D eigenvalue weighted by Gasteiger charge is -2.22. The Labute approximate surface area is 146 Å². The van der Waals surface area contributed by atoms with Crippen molar-refractivity contribution in [3.05, 3.63) is 48.0 Å². The molecule has 1 aromatic rings. The molecule has 2 atom stereocenters. The molecule has 1 aromatic carbocycles. The number of carbonyl (C=O) groups excluding carboxylic acids is 1. The molecule has 2 heterocycles. The lowest BCUT2D eigenvalue weighted by atomic mass is 10.1. The van der Waals surface area contributed by atoms with Gasteiger partial charge in [-0.15, -0.1) is 6.58 Å². The highest BCUT2D eigenvalue weighted by Gasteiger charge is 2.48. The molecule has 2 aliphatic heterocycles. The van der Waals surface area contributed by atoms with Crippen molar-refractivity contribution in [1.82, 2.24) is 4.90 Å². The Balaban J connectivity index is 1.75. The summed E-state index contributed by atoms with van der Waals surface area (Å²) in [6, 6.07) is 7.69. The van der Waals surface area contributed by atoms with E-state index in [0.29, 0.717) is 11.7 Å². The third kappa shape index (κ3) is 3.72. The normalized spacial score (nSPS) is 26.5. The number of amides is 1. The second kappa shape index (κ2) is 6.72. The van der Waals surface area contributed by atoms with Crippen LogP contribution in [0.3, 0.4) is 0 Å². The van der Waals surface area contributed by atoms with Crippen LogP contribution in [0.4, 0.5) is 0 Å². The first-order valence-corrected chi connectivity index (χ1v) is 10.5. The second-order valence-corrected chi connectivity index (χ2v) is 9.55. The van der Waals surface area contributed by atoms with E-state index in [0.717, 1.165) is 11.1 Å². The van der Waals surface area contributed by atoms with Crippen LogP contribution in [0.1, 0.15) is 11.1 Å². The molecule has 2 fully saturated rings. The Hall–Kier alpha value is -1.60. The van der Waals surface area contributed by atoms with Gasteiger partial charge in [0.1, 0.15) is 0 Å². The minimum absolute atomic E-state index is 0.0409. The molecule has 0 bridgehead atoms. The van der Waals surface area contributed by atoms with E-state index in [1.165, 1.54) is 11.8 Å². The monoisotopic (exact) mass is 364 g/mol. The lowest BCUT2D eigenvalue weighted by molar-refractivity contribution is -0.117. The number of aliphatic imine (C=N–C) groups is 1. The van der Waals surface area contributed by atoms with Gasteiger partial charge in [0, 0.05) is 11.8 Å². The predicted molar refractivity (Wildman–Crippen MR) is 98.0 cm³/mol. The molecule has 0 aliphatic carbocycles. The van der Waals surface area contributed by atoms with Gasteiger partial charge in [-0.1, -0.05) is 47.7 Å². The first-order chi connectivity index (χ1) is 11.4. The fourth-order valence-electron chi connectivity index (χ4n) is 3.01. The standard InChI is InChI=1S/C17H20N2O3S2/c1-3-8-19-14-10-24(21,22)11-15(14)23-17(19)18-16(20)9-13-6-4-12(2)5-7-13/h3-7,14-15H,1,8-11H2,2H3/t14-,15+/m0/s1. The van der Waals surface area contributed by atoms with Crippen molar-refractivity contribution in [3.63, 3.8) is 0 Å². The van der Waals surface area contributed by atoms with E-state index in [2.05, 4.69) is 11.6 Å². The van der Waals surface area contributed by atoms with Crippen LogP contribution in [-0.2, 0) is 21.1 Å². The number of rotatable bonds is 4. The van der Waals surface area contributed by atoms with Crippen LogP contribution in [-0.4, -0.2) is 53.7 Å². The molecule has 128 valence electrons. The molecule has 3 rings (SSSR count). The van der Waals surface area contributed by atoms with Crippen LogP contribution < -0.4 is 0 Å². The summed E-state index contributed by atoms with van der Waals surface area (Å²) in [6.07, 6.45) is 1.97. The van der Waals surface area contributed by atoms with E-state index in [4.69, 9.17) is 0 Å². The maximum Gasteiger partial charge on any atom is 0.252 e. The summed E-state index contributed by atoms with van der Waals surface area (Å²) < 4.78 is 23.6. The molecule has 24 heavy (non-hydrogen) atoms. The number of sulfone groups is 1. The molecular formula is C17H20N2O3S2. The first-order valence-electron chi connectivity index (χ1n) is 7.79. The number of benzene rings is 1. The van der Waals surface area contributed by atoms with E-state index in [1.54, 1.807) is 6.08 Å². The van der Waals surface area contributed by atoms with Crippen LogP contribution in [0.2, 0.25) is 0 Å². The quantitative estimate of drug-likeness (QED) is 0.763. The van der Waals surface area contributed by atoms with E-state index in [9.17, 15) is 13.2 Å². The summed E-state index contributed by atoms with van der Waals surface area (Å²) in [5.74, 6) is 0.0726. The van der Waals surface area contributed by atoms with Crippen molar-refractivity contribution < 1.29 is 13.2 Å². The van der Waals surface area contributed by atoms with Gasteiger partial charge in [0.05, 0.1) is 24.0 Å². The van der Waals surface area contributed by atoms with Crippen LogP contribution >= 0.6 is 11.8 Å². The van der Waals surface area contributed by atoms with Crippen LogP contribution in [0, 0.1) is 6.92 Å². The predicted octanol–water partition coefficient (Wildman–Crippen LogP) is 1.82. The third-order valence-electron chi connectivity index (χ3n) is 4.20. The first kappa shape index (κ1) is 17.2. The maximum absolute atomic E-state index is 12.3. The highest BCUT2D eigenvalue weighted by Crippen LogP contribution is 2.38. The highest BCUT2D eigenvalue weighted by atomic mass is 32.2. The Morgan fingerprint density at radius 2 is 2.08 bits per heavy atom. The Kier molecular flexibility index (Phi) is 4.83. The largest absolute Gasteiger partial charge is 0.342 e. The summed E-state index contributed by atoms with van der Waals surface area (Å²) in [6.45, 7) is 6.23. The van der Waals surface area contributed by atoms with Gasteiger partial charge in [-0.3, -0.25) is 4.79 Å². The van der Waals surface area contributed by atoms with Crippen molar-refractivity contribution in [2.45, 2.75) is 24.6 Å². The average molecular weight is 364 g/mol. The molecule has 0 aromatic heterocycles. The molecule has 0 radical (unpaired) electrons. The number of hydrogen-bond donors (Lipinski definition) is 0. The molecular weight excluding hydrogens is 344 g/mol. The highest BCUT2D eigenvalue weighted by molar-refractivity contribution is 8.15. The van der Waals surface area contributed by atoms with Gasteiger partial charge in [-0.25, -0.2) is 8.42 Å². The van der Waals surface area contributed by atoms with E-state index >= 15 is 0 Å². The van der Waals surface area contributed by atoms with E-state index in [-0.39, 0.29) is 35.1 Å². The van der Waals surface area contributed by atoms with E-state index in [1.807, 2.05) is 36.1 Å². The Morgan fingerprint density at radius 3 is 2.75 bits per heavy atom. The van der Waals surface area contributed by atoms with Crippen LogP contribution in [0.25, 0.3) is 0 Å². The van der Waals surface area contributed by atoms with Gasteiger partial charge in [0.15, 0.2) is 15.0 Å². The zero-order chi connectivity index (χ0) is 17.3. The summed E-state index contributed by atoms with van der Waals surface area (Å²) >= 11 is 1.40. The molecule has 7 heteroatoms. The number of nitrogens with zero attached hydrogens (tertiary/aromatic N) is 2. The molecule has 0 saturated carbocycles. The summed E-state index contributed by atoms with van der Waals surface area (Å²) in [5.41, 5.74) is 2.08. The average Bonchev–Trinajstić information content (AvgIpc) is 2.95. The Bertz CT molecular complexity index is 785. The number of aryl methyl sites for hydroxylation is 1. The van der Waals surface area contributed by atoms with Gasteiger partial charge in [-0.05, 0) is 12.5 Å². The summed E-state index contributed by atoms with van der Waals surface area (Å²) in [4.78, 5) is 18.4. The molecule has 0 N–H and O–H groups in total. The molecule has 5 nitrogen and oxygen atoms in total. The minimum Gasteiger partial charge on any atom is -0.342 e. The smallest absolute Gasteiger partial charge is 0.252 e. The van der Waals surface area contributed by atoms with Crippen LogP contribution in [0.5, 0.6) is 0 Å². The van der Waals surface area contributed by atoms with Gasteiger partial charge >= 0.3 is 0 Å². The number of thioether (sulfide) groups is 1. The molecule has 2 saturated heterocycles. The number of fused-ring (bicyclic) bond motifs is 1. The van der Waals surface area contributed by atoms with Crippen molar-refractivity contribution in [3.8, 4) is 0 Å².